The van der Waals surface area contributed by atoms with E-state index in [9.17, 15) is 9.59 Å². The fourth-order valence-electron chi connectivity index (χ4n) is 0.805. The summed E-state index contributed by atoms with van der Waals surface area (Å²) in [5.41, 5.74) is 0. The Morgan fingerprint density at radius 1 is 1.60 bits per heavy atom. The number of carbonyl (C=O) groups is 2. The maximum atomic E-state index is 11.3. The Kier molecular flexibility index (Phi) is 6.06. The third-order valence-electron chi connectivity index (χ3n) is 1.91. The van der Waals surface area contributed by atoms with Gasteiger partial charge in [0.1, 0.15) is 6.04 Å². The largest absolute Gasteiger partial charge is 0.480 e. The van der Waals surface area contributed by atoms with Gasteiger partial charge in [-0.1, -0.05) is 0 Å². The fraction of sp³-hybridized carbons (Fsp3) is 0.667. The molecule has 6 nitrogen and oxygen atoms in total. The maximum absolute atomic E-state index is 11.3. The molecule has 2 N–H and O–H groups in total. The number of rotatable bonds is 6. The highest BCUT2D eigenvalue weighted by Crippen LogP contribution is 1.88. The molecule has 1 amide bonds. The lowest BCUT2D eigenvalue weighted by molar-refractivity contribution is -0.139. The molecule has 0 saturated heterocycles. The SMILES string of the molecule is C[C@@H](NCC(=O)N(C)CCC#N)C(=O)O. The van der Waals surface area contributed by atoms with Crippen molar-refractivity contribution in [2.24, 2.45) is 0 Å². The van der Waals surface area contributed by atoms with Gasteiger partial charge in [-0.25, -0.2) is 0 Å². The number of hydrogen-bond acceptors (Lipinski definition) is 4. The standard InChI is InChI=1S/C9H15N3O3/c1-7(9(14)15)11-6-8(13)12(2)5-3-4-10/h7,11H,3,5-6H2,1-2H3,(H,14,15)/t7-/m1/s1. The van der Waals surface area contributed by atoms with Crippen LogP contribution in [0, 0.1) is 11.3 Å². The topological polar surface area (TPSA) is 93.4 Å². The van der Waals surface area contributed by atoms with Gasteiger partial charge in [0.25, 0.3) is 0 Å². The second-order valence-electron chi connectivity index (χ2n) is 3.16. The van der Waals surface area contributed by atoms with Crippen LogP contribution in [0.4, 0.5) is 0 Å². The number of amides is 1. The number of nitriles is 1. The van der Waals surface area contributed by atoms with Crippen molar-refractivity contribution in [3.63, 3.8) is 0 Å². The lowest BCUT2D eigenvalue weighted by Gasteiger charge is -2.16. The van der Waals surface area contributed by atoms with E-state index < -0.39 is 12.0 Å². The molecular formula is C9H15N3O3. The van der Waals surface area contributed by atoms with E-state index in [1.807, 2.05) is 6.07 Å². The summed E-state index contributed by atoms with van der Waals surface area (Å²) >= 11 is 0. The molecule has 0 aromatic heterocycles. The van der Waals surface area contributed by atoms with E-state index in [2.05, 4.69) is 5.32 Å². The first-order valence-electron chi connectivity index (χ1n) is 4.56. The third kappa shape index (κ3) is 5.65. The van der Waals surface area contributed by atoms with E-state index in [0.717, 1.165) is 0 Å². The van der Waals surface area contributed by atoms with Crippen LogP contribution in [-0.4, -0.2) is 48.1 Å². The summed E-state index contributed by atoms with van der Waals surface area (Å²) in [4.78, 5) is 23.2. The van der Waals surface area contributed by atoms with Gasteiger partial charge in [-0.2, -0.15) is 5.26 Å². The third-order valence-corrected chi connectivity index (χ3v) is 1.91. The van der Waals surface area contributed by atoms with Crippen molar-refractivity contribution in [3.8, 4) is 6.07 Å². The van der Waals surface area contributed by atoms with E-state index >= 15 is 0 Å². The minimum atomic E-state index is -0.998. The predicted octanol–water partition coefficient (Wildman–Crippen LogP) is -0.579. The Bertz CT molecular complexity index is 272. The van der Waals surface area contributed by atoms with Crippen LogP contribution in [-0.2, 0) is 9.59 Å². The highest BCUT2D eigenvalue weighted by atomic mass is 16.4. The Morgan fingerprint density at radius 3 is 2.67 bits per heavy atom. The molecule has 0 spiro atoms. The van der Waals surface area contributed by atoms with Crippen LogP contribution in [0.3, 0.4) is 0 Å². The molecule has 1 atom stereocenters. The smallest absolute Gasteiger partial charge is 0.320 e. The van der Waals surface area contributed by atoms with Gasteiger partial charge in [0.15, 0.2) is 0 Å². The zero-order chi connectivity index (χ0) is 11.8. The maximum Gasteiger partial charge on any atom is 0.320 e. The van der Waals surface area contributed by atoms with E-state index in [0.29, 0.717) is 6.54 Å². The van der Waals surface area contributed by atoms with Gasteiger partial charge in [0.2, 0.25) is 5.91 Å². The monoisotopic (exact) mass is 213 g/mol. The van der Waals surface area contributed by atoms with Gasteiger partial charge in [0.05, 0.1) is 19.0 Å². The minimum Gasteiger partial charge on any atom is -0.480 e. The van der Waals surface area contributed by atoms with Crippen molar-refractivity contribution in [2.45, 2.75) is 19.4 Å². The highest BCUT2D eigenvalue weighted by molar-refractivity contribution is 5.79. The molecule has 84 valence electrons. The van der Waals surface area contributed by atoms with Crippen molar-refractivity contribution in [2.75, 3.05) is 20.1 Å². The van der Waals surface area contributed by atoms with Gasteiger partial charge in [-0.05, 0) is 6.92 Å². The Labute approximate surface area is 88.5 Å². The van der Waals surface area contributed by atoms with Crippen molar-refractivity contribution in [1.29, 1.82) is 5.26 Å². The molecule has 0 heterocycles. The summed E-state index contributed by atoms with van der Waals surface area (Å²) in [6, 6.07) is 1.18. The van der Waals surface area contributed by atoms with Gasteiger partial charge >= 0.3 is 5.97 Å². The normalized spacial score (nSPS) is 11.5. The second-order valence-corrected chi connectivity index (χ2v) is 3.16. The molecule has 0 unspecified atom stereocenters. The Hall–Kier alpha value is -1.61. The number of carboxylic acid groups (broad SMARTS) is 1. The first kappa shape index (κ1) is 13.4. The highest BCUT2D eigenvalue weighted by Gasteiger charge is 2.13. The molecule has 0 aromatic rings. The number of hydrogen-bond donors (Lipinski definition) is 2. The zero-order valence-corrected chi connectivity index (χ0v) is 8.86. The van der Waals surface area contributed by atoms with Gasteiger partial charge in [-0.3, -0.25) is 14.9 Å². The lowest BCUT2D eigenvalue weighted by atomic mass is 10.3. The van der Waals surface area contributed by atoms with Crippen LogP contribution in [0.2, 0.25) is 0 Å². The molecule has 0 aliphatic carbocycles. The first-order chi connectivity index (χ1) is 6.99. The molecule has 0 fully saturated rings. The van der Waals surface area contributed by atoms with Crippen molar-refractivity contribution in [1.82, 2.24) is 10.2 Å². The Balaban J connectivity index is 3.83. The zero-order valence-electron chi connectivity index (χ0n) is 8.86. The van der Waals surface area contributed by atoms with Crippen molar-refractivity contribution in [3.05, 3.63) is 0 Å². The summed E-state index contributed by atoms with van der Waals surface area (Å²) < 4.78 is 0. The molecule has 0 saturated carbocycles. The quantitative estimate of drug-likeness (QED) is 0.615. The Morgan fingerprint density at radius 2 is 2.20 bits per heavy atom. The van der Waals surface area contributed by atoms with Crippen LogP contribution >= 0.6 is 0 Å². The summed E-state index contributed by atoms with van der Waals surface area (Å²) in [7, 11) is 1.58. The van der Waals surface area contributed by atoms with Gasteiger partial charge in [0, 0.05) is 13.6 Å². The number of carbonyl (C=O) groups excluding carboxylic acids is 1. The number of nitrogens with zero attached hydrogens (tertiary/aromatic N) is 2. The molecule has 0 rings (SSSR count). The van der Waals surface area contributed by atoms with E-state index in [-0.39, 0.29) is 18.9 Å². The summed E-state index contributed by atoms with van der Waals surface area (Å²) in [5.74, 6) is -1.22. The number of carboxylic acids is 1. The molecule has 0 aliphatic heterocycles. The van der Waals surface area contributed by atoms with Crippen LogP contribution in [0.5, 0.6) is 0 Å². The van der Waals surface area contributed by atoms with E-state index in [1.165, 1.54) is 11.8 Å². The minimum absolute atomic E-state index is 0.0323. The fourth-order valence-corrected chi connectivity index (χ4v) is 0.805. The number of nitrogens with one attached hydrogen (secondary N) is 1. The average molecular weight is 213 g/mol. The van der Waals surface area contributed by atoms with Crippen LogP contribution in [0.15, 0.2) is 0 Å². The van der Waals surface area contributed by atoms with Gasteiger partial charge < -0.3 is 10.0 Å². The summed E-state index contributed by atoms with van der Waals surface area (Å²) in [5, 5.41) is 19.4. The van der Waals surface area contributed by atoms with Crippen LogP contribution < -0.4 is 5.32 Å². The van der Waals surface area contributed by atoms with Crippen molar-refractivity contribution < 1.29 is 14.7 Å². The first-order valence-corrected chi connectivity index (χ1v) is 4.56. The van der Waals surface area contributed by atoms with Crippen molar-refractivity contribution >= 4 is 11.9 Å². The lowest BCUT2D eigenvalue weighted by Crippen LogP contribution is -2.42. The summed E-state index contributed by atoms with van der Waals surface area (Å²) in [6.07, 6.45) is 0.275. The molecule has 0 aliphatic rings. The molecule has 0 radical (unpaired) electrons. The molecular weight excluding hydrogens is 198 g/mol. The van der Waals surface area contributed by atoms with Gasteiger partial charge in [-0.15, -0.1) is 0 Å². The van der Waals surface area contributed by atoms with E-state index in [1.54, 1.807) is 7.05 Å². The number of aliphatic carboxylic acids is 1. The molecule has 0 aromatic carbocycles. The van der Waals surface area contributed by atoms with Crippen LogP contribution in [0.1, 0.15) is 13.3 Å². The molecule has 15 heavy (non-hydrogen) atoms. The second kappa shape index (κ2) is 6.79. The number of likely N-dealkylation sites (N-methyl/N-ethyl adjacent to an activating group) is 1. The van der Waals surface area contributed by atoms with E-state index in [4.69, 9.17) is 10.4 Å². The molecule has 6 heteroatoms. The average Bonchev–Trinajstić information content (AvgIpc) is 2.21. The summed E-state index contributed by atoms with van der Waals surface area (Å²) in [6.45, 7) is 1.79. The molecule has 0 bridgehead atoms. The van der Waals surface area contributed by atoms with Crippen LogP contribution in [0.25, 0.3) is 0 Å². The predicted molar refractivity (Wildman–Crippen MR) is 53.0 cm³/mol.